The summed E-state index contributed by atoms with van der Waals surface area (Å²) in [5.74, 6) is 0. The molecule has 0 saturated carbocycles. The Kier molecular flexibility index (Phi) is 6.70. The van der Waals surface area contributed by atoms with Crippen molar-refractivity contribution in [1.82, 2.24) is 5.16 Å². The molecule has 0 bridgehead atoms. The monoisotopic (exact) mass is 344 g/mol. The van der Waals surface area contributed by atoms with Gasteiger partial charge in [-0.1, -0.05) is 44.9 Å². The lowest BCUT2D eigenvalue weighted by atomic mass is 10.0. The SMILES string of the molecule is CON=C(C)C(C)=NOCc1ccccc1C(=NOC)c1ccon1. The van der Waals surface area contributed by atoms with Crippen molar-refractivity contribution in [2.24, 2.45) is 15.5 Å². The zero-order valence-corrected chi connectivity index (χ0v) is 14.6. The molecular formula is C17H20N4O4. The van der Waals surface area contributed by atoms with Crippen molar-refractivity contribution in [3.63, 3.8) is 0 Å². The summed E-state index contributed by atoms with van der Waals surface area (Å²) < 4.78 is 4.90. The fraction of sp³-hybridized carbons (Fsp3) is 0.294. The molecule has 2 aromatic rings. The number of aromatic nitrogens is 1. The molecule has 0 aliphatic heterocycles. The van der Waals surface area contributed by atoms with Crippen molar-refractivity contribution >= 4 is 17.1 Å². The minimum atomic E-state index is 0.244. The van der Waals surface area contributed by atoms with Crippen molar-refractivity contribution in [3.8, 4) is 0 Å². The summed E-state index contributed by atoms with van der Waals surface area (Å²) in [5.41, 5.74) is 4.07. The van der Waals surface area contributed by atoms with E-state index in [2.05, 4.69) is 20.6 Å². The summed E-state index contributed by atoms with van der Waals surface area (Å²) in [7, 11) is 2.96. The molecule has 1 aromatic carbocycles. The third-order valence-electron chi connectivity index (χ3n) is 3.31. The number of rotatable bonds is 8. The van der Waals surface area contributed by atoms with E-state index in [1.165, 1.54) is 20.5 Å². The van der Waals surface area contributed by atoms with Gasteiger partial charge in [0.1, 0.15) is 49.9 Å². The highest BCUT2D eigenvalue weighted by Gasteiger charge is 2.15. The van der Waals surface area contributed by atoms with E-state index in [0.29, 0.717) is 22.8 Å². The van der Waals surface area contributed by atoms with Crippen molar-refractivity contribution in [3.05, 3.63) is 53.4 Å². The summed E-state index contributed by atoms with van der Waals surface area (Å²) in [4.78, 5) is 15.1. The first-order valence-corrected chi connectivity index (χ1v) is 7.52. The molecule has 25 heavy (non-hydrogen) atoms. The first-order chi connectivity index (χ1) is 12.2. The van der Waals surface area contributed by atoms with Gasteiger partial charge in [-0.25, -0.2) is 0 Å². The summed E-state index contributed by atoms with van der Waals surface area (Å²) in [6.07, 6.45) is 1.48. The van der Waals surface area contributed by atoms with E-state index in [0.717, 1.165) is 11.1 Å². The largest absolute Gasteiger partial charge is 0.399 e. The van der Waals surface area contributed by atoms with E-state index < -0.39 is 0 Å². The van der Waals surface area contributed by atoms with E-state index in [4.69, 9.17) is 19.0 Å². The third kappa shape index (κ3) is 4.90. The summed E-state index contributed by atoms with van der Waals surface area (Å²) in [6, 6.07) is 9.33. The maximum Gasteiger partial charge on any atom is 0.143 e. The van der Waals surface area contributed by atoms with Gasteiger partial charge >= 0.3 is 0 Å². The van der Waals surface area contributed by atoms with Crippen molar-refractivity contribution < 1.29 is 19.0 Å². The van der Waals surface area contributed by atoms with Gasteiger partial charge in [0, 0.05) is 17.2 Å². The van der Waals surface area contributed by atoms with Crippen LogP contribution in [-0.2, 0) is 21.1 Å². The smallest absolute Gasteiger partial charge is 0.143 e. The van der Waals surface area contributed by atoms with Gasteiger partial charge in [0.05, 0.1) is 0 Å². The van der Waals surface area contributed by atoms with E-state index in [1.807, 2.05) is 24.3 Å². The van der Waals surface area contributed by atoms with Crippen molar-refractivity contribution in [1.29, 1.82) is 0 Å². The normalized spacial score (nSPS) is 12.9. The van der Waals surface area contributed by atoms with Gasteiger partial charge in [0.15, 0.2) is 0 Å². The third-order valence-corrected chi connectivity index (χ3v) is 3.31. The second-order valence-corrected chi connectivity index (χ2v) is 4.97. The first kappa shape index (κ1) is 18.2. The van der Waals surface area contributed by atoms with Gasteiger partial charge in [-0.05, 0) is 13.8 Å². The van der Waals surface area contributed by atoms with Crippen LogP contribution in [0.15, 0.2) is 56.6 Å². The molecule has 0 amide bonds. The maximum atomic E-state index is 5.45. The summed E-state index contributed by atoms with van der Waals surface area (Å²) in [5, 5.41) is 15.8. The molecule has 2 rings (SSSR count). The second kappa shape index (κ2) is 9.21. The minimum absolute atomic E-state index is 0.244. The van der Waals surface area contributed by atoms with Gasteiger partial charge in [-0.15, -0.1) is 0 Å². The van der Waals surface area contributed by atoms with Gasteiger partial charge in [0.25, 0.3) is 0 Å². The van der Waals surface area contributed by atoms with Crippen LogP contribution in [-0.4, -0.2) is 36.5 Å². The fourth-order valence-electron chi connectivity index (χ4n) is 2.00. The Bertz CT molecular complexity index is 767. The molecule has 132 valence electrons. The van der Waals surface area contributed by atoms with Gasteiger partial charge in [0.2, 0.25) is 0 Å². The van der Waals surface area contributed by atoms with E-state index in [1.54, 1.807) is 19.9 Å². The van der Waals surface area contributed by atoms with Crippen LogP contribution in [0.4, 0.5) is 0 Å². The Labute approximate surface area is 145 Å². The molecule has 0 fully saturated rings. The molecule has 0 unspecified atom stereocenters. The molecule has 0 atom stereocenters. The van der Waals surface area contributed by atoms with Crippen LogP contribution < -0.4 is 0 Å². The maximum absolute atomic E-state index is 5.45. The number of benzene rings is 1. The second-order valence-electron chi connectivity index (χ2n) is 4.97. The summed E-state index contributed by atoms with van der Waals surface area (Å²) >= 11 is 0. The average molecular weight is 344 g/mol. The molecule has 0 saturated heterocycles. The van der Waals surface area contributed by atoms with Crippen LogP contribution >= 0.6 is 0 Å². The van der Waals surface area contributed by atoms with Gasteiger partial charge in [-0.3, -0.25) is 0 Å². The fourth-order valence-corrected chi connectivity index (χ4v) is 2.00. The highest BCUT2D eigenvalue weighted by Crippen LogP contribution is 2.16. The van der Waals surface area contributed by atoms with E-state index >= 15 is 0 Å². The Morgan fingerprint density at radius 3 is 2.40 bits per heavy atom. The predicted molar refractivity (Wildman–Crippen MR) is 93.6 cm³/mol. The molecule has 1 aromatic heterocycles. The number of oxime groups is 3. The molecular weight excluding hydrogens is 324 g/mol. The van der Waals surface area contributed by atoms with Gasteiger partial charge in [-0.2, -0.15) is 0 Å². The minimum Gasteiger partial charge on any atom is -0.399 e. The standard InChI is InChI=1S/C17H20N4O4/c1-12(18-22-3)13(2)19-25-11-14-7-5-6-8-15(14)17(21-23-4)16-9-10-24-20-16/h5-10H,11H2,1-4H3. The van der Waals surface area contributed by atoms with Crippen LogP contribution in [0, 0.1) is 0 Å². The molecule has 1 heterocycles. The lowest BCUT2D eigenvalue weighted by Crippen LogP contribution is -2.10. The molecule has 0 aliphatic carbocycles. The highest BCUT2D eigenvalue weighted by molar-refractivity contribution is 6.40. The van der Waals surface area contributed by atoms with Crippen LogP contribution in [0.2, 0.25) is 0 Å². The van der Waals surface area contributed by atoms with E-state index in [-0.39, 0.29) is 6.61 Å². The number of hydrogen-bond acceptors (Lipinski definition) is 8. The van der Waals surface area contributed by atoms with E-state index in [9.17, 15) is 0 Å². The summed E-state index contributed by atoms with van der Waals surface area (Å²) in [6.45, 7) is 3.82. The van der Waals surface area contributed by atoms with Crippen molar-refractivity contribution in [2.45, 2.75) is 20.5 Å². The lowest BCUT2D eigenvalue weighted by molar-refractivity contribution is 0.130. The van der Waals surface area contributed by atoms with Gasteiger partial charge < -0.3 is 19.0 Å². The zero-order chi connectivity index (χ0) is 18.1. The molecule has 8 nitrogen and oxygen atoms in total. The topological polar surface area (TPSA) is 90.8 Å². The Hall–Kier alpha value is -3.16. The lowest BCUT2D eigenvalue weighted by Gasteiger charge is -2.09. The average Bonchev–Trinajstić information content (AvgIpc) is 3.14. The highest BCUT2D eigenvalue weighted by atomic mass is 16.6. The quantitative estimate of drug-likeness (QED) is 0.542. The molecule has 0 N–H and O–H groups in total. The predicted octanol–water partition coefficient (Wildman–Crippen LogP) is 2.99. The number of hydrogen-bond donors (Lipinski definition) is 0. The Morgan fingerprint density at radius 1 is 1.00 bits per heavy atom. The zero-order valence-electron chi connectivity index (χ0n) is 14.6. The molecule has 0 spiro atoms. The molecule has 0 radical (unpaired) electrons. The Morgan fingerprint density at radius 2 is 1.72 bits per heavy atom. The first-order valence-electron chi connectivity index (χ1n) is 7.52. The molecule has 0 aliphatic rings. The van der Waals surface area contributed by atoms with Crippen LogP contribution in [0.25, 0.3) is 0 Å². The Balaban J connectivity index is 2.22. The van der Waals surface area contributed by atoms with Crippen LogP contribution in [0.5, 0.6) is 0 Å². The van der Waals surface area contributed by atoms with Crippen LogP contribution in [0.1, 0.15) is 30.7 Å². The molecule has 8 heteroatoms. The number of nitrogens with zero attached hydrogens (tertiary/aromatic N) is 4. The van der Waals surface area contributed by atoms with Crippen LogP contribution in [0.3, 0.4) is 0 Å². The van der Waals surface area contributed by atoms with Crippen molar-refractivity contribution in [2.75, 3.05) is 14.2 Å².